The third-order valence-electron chi connectivity index (χ3n) is 6.98. The van der Waals surface area contributed by atoms with Crippen LogP contribution in [0.15, 0.2) is 60.7 Å². The van der Waals surface area contributed by atoms with Crippen molar-refractivity contribution in [3.63, 3.8) is 0 Å². The number of carboxylic acids is 2. The lowest BCUT2D eigenvalue weighted by Crippen LogP contribution is -2.43. The molecule has 2 heterocycles. The van der Waals surface area contributed by atoms with Crippen LogP contribution in [-0.4, -0.2) is 52.3 Å². The number of nitriles is 1. The summed E-state index contributed by atoms with van der Waals surface area (Å²) in [5.41, 5.74) is 5.08. The first-order valence-corrected chi connectivity index (χ1v) is 11.7. The second kappa shape index (κ2) is 10.7. The number of hydrogen-bond acceptors (Lipinski definition) is 5. The predicted molar refractivity (Wildman–Crippen MR) is 131 cm³/mol. The molecule has 2 aliphatic heterocycles. The first-order valence-electron chi connectivity index (χ1n) is 11.7. The van der Waals surface area contributed by atoms with Crippen molar-refractivity contribution in [2.24, 2.45) is 0 Å². The summed E-state index contributed by atoms with van der Waals surface area (Å²) >= 11 is 0. The normalized spacial score (nSPS) is 24.7. The molecule has 0 amide bonds. The Morgan fingerprint density at radius 3 is 2.14 bits per heavy atom. The van der Waals surface area contributed by atoms with Crippen LogP contribution in [0.3, 0.4) is 0 Å². The van der Waals surface area contributed by atoms with Gasteiger partial charge >= 0.3 is 11.9 Å². The van der Waals surface area contributed by atoms with Crippen LogP contribution in [0, 0.1) is 11.3 Å². The van der Waals surface area contributed by atoms with Crippen molar-refractivity contribution in [1.82, 2.24) is 4.90 Å². The zero-order valence-corrected chi connectivity index (χ0v) is 19.5. The maximum atomic E-state index is 9.74. The molecule has 0 aromatic heterocycles. The lowest BCUT2D eigenvalue weighted by molar-refractivity contribution is -0.134. The van der Waals surface area contributed by atoms with E-state index in [1.807, 2.05) is 24.3 Å². The highest BCUT2D eigenvalue weighted by Gasteiger charge is 2.40. The molecule has 3 aliphatic rings. The summed E-state index contributed by atoms with van der Waals surface area (Å²) in [7, 11) is 2.26. The quantitative estimate of drug-likeness (QED) is 0.630. The highest BCUT2D eigenvalue weighted by Crippen LogP contribution is 2.42. The number of nitrogens with zero attached hydrogens (tertiary/aromatic N) is 2. The van der Waals surface area contributed by atoms with Gasteiger partial charge in [-0.3, -0.25) is 0 Å². The Bertz CT molecular complexity index is 1180. The summed E-state index contributed by atoms with van der Waals surface area (Å²) in [6.07, 6.45) is 8.07. The van der Waals surface area contributed by atoms with Gasteiger partial charge in [-0.1, -0.05) is 48.5 Å². The number of allylic oxidation sites excluding steroid dienone is 1. The van der Waals surface area contributed by atoms with Crippen LogP contribution in [0.2, 0.25) is 0 Å². The Morgan fingerprint density at radius 2 is 1.54 bits per heavy atom. The molecule has 4 atom stereocenters. The number of carboxylic acid groups (broad SMARTS) is 2. The minimum absolute atomic E-state index is 0.118. The number of hydrogen-bond donors (Lipinski definition) is 2. The van der Waals surface area contributed by atoms with Crippen LogP contribution in [0.4, 0.5) is 0 Å². The molecule has 2 aromatic rings. The second-order valence-electron chi connectivity index (χ2n) is 9.06. The van der Waals surface area contributed by atoms with Crippen LogP contribution in [0.25, 0.3) is 11.6 Å². The highest BCUT2D eigenvalue weighted by atomic mass is 16.5. The Kier molecular flexibility index (Phi) is 7.45. The Hall–Kier alpha value is -3.73. The maximum Gasteiger partial charge on any atom is 0.328 e. The molecule has 35 heavy (non-hydrogen) atoms. The lowest BCUT2D eigenvalue weighted by Gasteiger charge is -2.38. The van der Waals surface area contributed by atoms with Gasteiger partial charge in [0.25, 0.3) is 0 Å². The molecule has 0 saturated carbocycles. The molecular formula is C28H28N2O5. The molecule has 7 heteroatoms. The molecule has 180 valence electrons. The smallest absolute Gasteiger partial charge is 0.328 e. The van der Waals surface area contributed by atoms with Gasteiger partial charge in [-0.15, -0.1) is 0 Å². The van der Waals surface area contributed by atoms with E-state index in [2.05, 4.69) is 48.3 Å². The average Bonchev–Trinajstić information content (AvgIpc) is 3.02. The van der Waals surface area contributed by atoms with Crippen molar-refractivity contribution in [3.8, 4) is 6.07 Å². The van der Waals surface area contributed by atoms with Crippen molar-refractivity contribution in [2.45, 2.75) is 50.0 Å². The van der Waals surface area contributed by atoms with E-state index < -0.39 is 11.9 Å². The molecule has 2 N–H and O–H groups in total. The van der Waals surface area contributed by atoms with E-state index in [0.29, 0.717) is 29.8 Å². The van der Waals surface area contributed by atoms with E-state index in [0.717, 1.165) is 29.5 Å². The van der Waals surface area contributed by atoms with Gasteiger partial charge in [-0.05, 0) is 61.1 Å². The van der Waals surface area contributed by atoms with E-state index in [-0.39, 0.29) is 12.2 Å². The van der Waals surface area contributed by atoms with Crippen molar-refractivity contribution in [3.05, 3.63) is 82.9 Å². The SMILES string of the molecule is CN1[C@@H]2CC[C@H]1CC(OC1c3ccccc3C=C(C#N)c3ccccc31)C2.O=C(O)/C=C/C(=O)O. The molecule has 0 radical (unpaired) electrons. The van der Waals surface area contributed by atoms with Gasteiger partial charge in [-0.25, -0.2) is 9.59 Å². The summed E-state index contributed by atoms with van der Waals surface area (Å²) < 4.78 is 6.82. The number of ether oxygens (including phenoxy) is 1. The van der Waals surface area contributed by atoms with E-state index in [1.54, 1.807) is 0 Å². The first kappa shape index (κ1) is 24.4. The summed E-state index contributed by atoms with van der Waals surface area (Å²) in [6, 6.07) is 20.3. The first-order chi connectivity index (χ1) is 16.9. The second-order valence-corrected chi connectivity index (χ2v) is 9.06. The Morgan fingerprint density at radius 1 is 0.971 bits per heavy atom. The third-order valence-corrected chi connectivity index (χ3v) is 6.98. The molecule has 2 saturated heterocycles. The van der Waals surface area contributed by atoms with Crippen LogP contribution in [-0.2, 0) is 14.3 Å². The van der Waals surface area contributed by atoms with Gasteiger partial charge in [0.15, 0.2) is 0 Å². The van der Waals surface area contributed by atoms with Crippen molar-refractivity contribution >= 4 is 23.6 Å². The fourth-order valence-corrected chi connectivity index (χ4v) is 5.30. The molecule has 0 spiro atoms. The number of fused-ring (bicyclic) bond motifs is 4. The van der Waals surface area contributed by atoms with Crippen molar-refractivity contribution in [2.75, 3.05) is 7.05 Å². The number of rotatable bonds is 4. The Balaban J connectivity index is 0.000000314. The summed E-state index contributed by atoms with van der Waals surface area (Å²) in [5.74, 6) is -2.51. The highest BCUT2D eigenvalue weighted by molar-refractivity contribution is 5.93. The number of aliphatic carboxylic acids is 2. The number of benzene rings is 2. The molecule has 2 fully saturated rings. The summed E-state index contributed by atoms with van der Waals surface area (Å²) in [4.78, 5) is 21.7. The molecule has 1 aliphatic carbocycles. The number of piperidine rings is 1. The molecular weight excluding hydrogens is 444 g/mol. The van der Waals surface area contributed by atoms with Crippen LogP contribution < -0.4 is 0 Å². The standard InChI is InChI=1S/C24H24N2O.C4H4O4/c1-26-18-10-11-19(26)14-20(13-18)27-24-22-8-3-2-6-16(22)12-17(15-25)21-7-4-5-9-23(21)24;5-3(6)1-2-4(7)8/h2-9,12,18-20,24H,10-11,13-14H2,1H3;1-2H,(H,5,6)(H,7,8)/b;2-1+/t18-,19+,20?,24?;. The van der Waals surface area contributed by atoms with Crippen LogP contribution in [0.5, 0.6) is 0 Å². The Labute approximate surface area is 204 Å². The zero-order valence-electron chi connectivity index (χ0n) is 19.5. The molecule has 2 bridgehead atoms. The van der Waals surface area contributed by atoms with Gasteiger partial charge < -0.3 is 19.8 Å². The van der Waals surface area contributed by atoms with Gasteiger partial charge in [0.1, 0.15) is 6.10 Å². The van der Waals surface area contributed by atoms with Crippen LogP contribution in [0.1, 0.15) is 54.0 Å². The largest absolute Gasteiger partial charge is 0.478 e. The third kappa shape index (κ3) is 5.51. The summed E-state index contributed by atoms with van der Waals surface area (Å²) in [6.45, 7) is 0. The molecule has 2 unspecified atom stereocenters. The van der Waals surface area contributed by atoms with E-state index in [9.17, 15) is 14.9 Å². The average molecular weight is 473 g/mol. The minimum Gasteiger partial charge on any atom is -0.478 e. The minimum atomic E-state index is -1.26. The lowest BCUT2D eigenvalue weighted by atomic mass is 9.94. The predicted octanol–water partition coefficient (Wildman–Crippen LogP) is 4.51. The zero-order chi connectivity index (χ0) is 24.9. The van der Waals surface area contributed by atoms with Gasteiger partial charge in [0, 0.05) is 24.2 Å². The molecule has 2 aromatic carbocycles. The van der Waals surface area contributed by atoms with Gasteiger partial charge in [-0.2, -0.15) is 5.26 Å². The monoisotopic (exact) mass is 472 g/mol. The van der Waals surface area contributed by atoms with Gasteiger partial charge in [0.05, 0.1) is 17.7 Å². The topological polar surface area (TPSA) is 111 Å². The fourth-order valence-electron chi connectivity index (χ4n) is 5.30. The summed E-state index contributed by atoms with van der Waals surface area (Å²) in [5, 5.41) is 25.4. The maximum absolute atomic E-state index is 9.74. The van der Waals surface area contributed by atoms with E-state index >= 15 is 0 Å². The fraction of sp³-hybridized carbons (Fsp3) is 0.321. The van der Waals surface area contributed by atoms with E-state index in [1.165, 1.54) is 18.4 Å². The van der Waals surface area contributed by atoms with Crippen LogP contribution >= 0.6 is 0 Å². The van der Waals surface area contributed by atoms with Crippen molar-refractivity contribution < 1.29 is 24.5 Å². The van der Waals surface area contributed by atoms with Crippen molar-refractivity contribution in [1.29, 1.82) is 5.26 Å². The van der Waals surface area contributed by atoms with Gasteiger partial charge in [0.2, 0.25) is 0 Å². The molecule has 7 nitrogen and oxygen atoms in total. The van der Waals surface area contributed by atoms with E-state index in [4.69, 9.17) is 14.9 Å². The molecule has 5 rings (SSSR count). The number of carbonyl (C=O) groups is 2.